The van der Waals surface area contributed by atoms with Gasteiger partial charge in [0.05, 0.1) is 6.04 Å². The minimum absolute atomic E-state index is 0.0469. The number of aliphatic carboxylic acids is 1. The van der Waals surface area contributed by atoms with E-state index in [4.69, 9.17) is 5.11 Å². The van der Waals surface area contributed by atoms with Crippen LogP contribution < -0.4 is 10.6 Å². The molecule has 0 aromatic rings. The van der Waals surface area contributed by atoms with E-state index in [9.17, 15) is 14.7 Å². The first-order valence-corrected chi connectivity index (χ1v) is 10.4. The van der Waals surface area contributed by atoms with Gasteiger partial charge in [-0.25, -0.2) is 4.79 Å². The van der Waals surface area contributed by atoms with Crippen molar-refractivity contribution in [2.75, 3.05) is 26.2 Å². The second kappa shape index (κ2) is 8.29. The highest BCUT2D eigenvalue weighted by atomic mass is 32.2. The predicted molar refractivity (Wildman–Crippen MR) is 101 cm³/mol. The summed E-state index contributed by atoms with van der Waals surface area (Å²) in [5, 5.41) is 24.6. The summed E-state index contributed by atoms with van der Waals surface area (Å²) >= 11 is 1.69. The lowest BCUT2D eigenvalue weighted by molar-refractivity contribution is -0.148. The number of β-lactam (4-membered cyclic amide) rings is 1. The van der Waals surface area contributed by atoms with Gasteiger partial charge in [-0.05, 0) is 38.8 Å². The fourth-order valence-electron chi connectivity index (χ4n) is 4.39. The average Bonchev–Trinajstić information content (AvgIpc) is 3.29. The SMILES string of the molecule is CC1C(SC2CN[C@H](C3CCNC3)C2)=C(C(=O)O)N2C(=O)CC12.CCO. The van der Waals surface area contributed by atoms with E-state index < -0.39 is 5.97 Å². The van der Waals surface area contributed by atoms with E-state index in [1.54, 1.807) is 18.7 Å². The van der Waals surface area contributed by atoms with Crippen LogP contribution >= 0.6 is 11.8 Å². The molecule has 4 heterocycles. The highest BCUT2D eigenvalue weighted by Crippen LogP contribution is 2.49. The van der Waals surface area contributed by atoms with Crippen LogP contribution in [0.1, 0.15) is 33.1 Å². The number of fused-ring (bicyclic) bond motifs is 1. The molecule has 5 atom stereocenters. The summed E-state index contributed by atoms with van der Waals surface area (Å²) in [7, 11) is 0. The molecule has 3 saturated heterocycles. The molecule has 26 heavy (non-hydrogen) atoms. The molecule has 0 aromatic carbocycles. The molecule has 4 rings (SSSR count). The van der Waals surface area contributed by atoms with Crippen molar-refractivity contribution < 1.29 is 19.8 Å². The van der Waals surface area contributed by atoms with Gasteiger partial charge in [-0.2, -0.15) is 0 Å². The summed E-state index contributed by atoms with van der Waals surface area (Å²) in [5.41, 5.74) is 0.245. The van der Waals surface area contributed by atoms with Crippen molar-refractivity contribution in [1.29, 1.82) is 0 Å². The quantitative estimate of drug-likeness (QED) is 0.528. The third kappa shape index (κ3) is 3.65. The first-order valence-electron chi connectivity index (χ1n) is 9.49. The zero-order chi connectivity index (χ0) is 18.8. The number of carboxylic acids is 1. The van der Waals surface area contributed by atoms with E-state index in [2.05, 4.69) is 17.6 Å². The molecule has 0 aliphatic carbocycles. The fraction of sp³-hybridized carbons (Fsp3) is 0.778. The zero-order valence-electron chi connectivity index (χ0n) is 15.4. The zero-order valence-corrected chi connectivity index (χ0v) is 16.2. The Balaban J connectivity index is 0.000000613. The summed E-state index contributed by atoms with van der Waals surface area (Å²) in [6.07, 6.45) is 2.79. The average molecular weight is 384 g/mol. The minimum Gasteiger partial charge on any atom is -0.477 e. The molecular formula is C18H29N3O4S. The van der Waals surface area contributed by atoms with Crippen LogP contribution in [0.25, 0.3) is 0 Å². The van der Waals surface area contributed by atoms with Crippen molar-refractivity contribution in [2.45, 2.75) is 50.4 Å². The molecule has 8 heteroatoms. The minimum atomic E-state index is -0.961. The Morgan fingerprint density at radius 1 is 1.38 bits per heavy atom. The molecule has 0 aromatic heterocycles. The summed E-state index contributed by atoms with van der Waals surface area (Å²) in [4.78, 5) is 25.9. The Kier molecular flexibility index (Phi) is 6.27. The smallest absolute Gasteiger partial charge is 0.353 e. The Bertz CT molecular complexity index is 591. The van der Waals surface area contributed by atoms with Gasteiger partial charge in [0.15, 0.2) is 0 Å². The Labute approximate surface area is 158 Å². The molecule has 4 unspecified atom stereocenters. The molecule has 146 valence electrons. The second-order valence-corrected chi connectivity index (χ2v) is 8.74. The first-order chi connectivity index (χ1) is 12.5. The number of aliphatic hydroxyl groups excluding tert-OH is 1. The molecule has 4 N–H and O–H groups in total. The molecule has 0 bridgehead atoms. The van der Waals surface area contributed by atoms with E-state index >= 15 is 0 Å². The van der Waals surface area contributed by atoms with E-state index in [0.29, 0.717) is 23.6 Å². The van der Waals surface area contributed by atoms with Gasteiger partial charge in [-0.3, -0.25) is 4.79 Å². The number of rotatable bonds is 4. The molecule has 1 amide bonds. The van der Waals surface area contributed by atoms with Crippen LogP contribution in [0.3, 0.4) is 0 Å². The topological polar surface area (TPSA) is 102 Å². The molecule has 7 nitrogen and oxygen atoms in total. The number of thioether (sulfide) groups is 1. The molecule has 0 saturated carbocycles. The third-order valence-electron chi connectivity index (χ3n) is 5.74. The van der Waals surface area contributed by atoms with Gasteiger partial charge in [0, 0.05) is 41.7 Å². The van der Waals surface area contributed by atoms with Crippen LogP contribution in [0.2, 0.25) is 0 Å². The lowest BCUT2D eigenvalue weighted by Crippen LogP contribution is -2.51. The summed E-state index contributed by atoms with van der Waals surface area (Å²) in [6.45, 7) is 7.10. The van der Waals surface area contributed by atoms with Crippen LogP contribution in [0.5, 0.6) is 0 Å². The Morgan fingerprint density at radius 2 is 2.12 bits per heavy atom. The number of nitrogens with zero attached hydrogens (tertiary/aromatic N) is 1. The summed E-state index contributed by atoms with van der Waals surface area (Å²) in [5.74, 6) is -0.168. The maximum atomic E-state index is 11.8. The van der Waals surface area contributed by atoms with Crippen molar-refractivity contribution in [2.24, 2.45) is 11.8 Å². The molecule has 0 radical (unpaired) electrons. The van der Waals surface area contributed by atoms with Gasteiger partial charge < -0.3 is 25.7 Å². The molecule has 3 fully saturated rings. The second-order valence-electron chi connectivity index (χ2n) is 7.40. The van der Waals surface area contributed by atoms with Crippen molar-refractivity contribution >= 4 is 23.6 Å². The molecular weight excluding hydrogens is 354 g/mol. The fourth-order valence-corrected chi connectivity index (χ4v) is 5.91. The normalized spacial score (nSPS) is 35.9. The van der Waals surface area contributed by atoms with Crippen molar-refractivity contribution in [3.05, 3.63) is 10.6 Å². The van der Waals surface area contributed by atoms with E-state index in [-0.39, 0.29) is 30.2 Å². The van der Waals surface area contributed by atoms with Gasteiger partial charge in [-0.15, -0.1) is 11.8 Å². The maximum Gasteiger partial charge on any atom is 0.353 e. The molecule has 4 aliphatic heterocycles. The van der Waals surface area contributed by atoms with E-state index in [1.807, 2.05) is 0 Å². The van der Waals surface area contributed by atoms with Crippen LogP contribution in [0.4, 0.5) is 0 Å². The number of carbonyl (C=O) groups is 2. The lowest BCUT2D eigenvalue weighted by atomic mass is 9.94. The van der Waals surface area contributed by atoms with Gasteiger partial charge in [0.2, 0.25) is 5.91 Å². The number of amides is 1. The van der Waals surface area contributed by atoms with Gasteiger partial charge in [-0.1, -0.05) is 6.92 Å². The number of hydrogen-bond donors (Lipinski definition) is 4. The largest absolute Gasteiger partial charge is 0.477 e. The molecule has 0 spiro atoms. The number of carbonyl (C=O) groups excluding carboxylic acids is 1. The monoisotopic (exact) mass is 383 g/mol. The number of hydrogen-bond acceptors (Lipinski definition) is 6. The maximum absolute atomic E-state index is 11.8. The standard InChI is InChI=1S/C16H23N3O3S.C2H6O/c1-8-12-5-13(20)19(12)14(16(21)22)15(8)23-10-4-11(18-7-10)9-2-3-17-6-9;1-2-3/h8-12,17-18H,2-7H2,1H3,(H,21,22);3H,2H2,1H3/t8?,9?,10?,11-,12?;/m0./s1. The predicted octanol–water partition coefficient (Wildman–Crippen LogP) is 0.605. The van der Waals surface area contributed by atoms with Crippen LogP contribution in [-0.2, 0) is 9.59 Å². The van der Waals surface area contributed by atoms with Crippen LogP contribution in [0, 0.1) is 11.8 Å². The van der Waals surface area contributed by atoms with Crippen molar-refractivity contribution in [1.82, 2.24) is 15.5 Å². The summed E-state index contributed by atoms with van der Waals surface area (Å²) < 4.78 is 0. The van der Waals surface area contributed by atoms with Gasteiger partial charge in [0.1, 0.15) is 5.70 Å². The number of aliphatic hydroxyl groups is 1. The molecule has 4 aliphatic rings. The van der Waals surface area contributed by atoms with E-state index in [0.717, 1.165) is 31.0 Å². The highest BCUT2D eigenvalue weighted by molar-refractivity contribution is 8.03. The van der Waals surface area contributed by atoms with Crippen LogP contribution in [-0.4, -0.2) is 70.6 Å². The number of nitrogens with one attached hydrogen (secondary N) is 2. The Hall–Kier alpha value is -1.09. The number of carboxylic acid groups (broad SMARTS) is 1. The van der Waals surface area contributed by atoms with Gasteiger partial charge >= 0.3 is 5.97 Å². The first kappa shape index (κ1) is 19.7. The third-order valence-corrected chi connectivity index (χ3v) is 7.25. The van der Waals surface area contributed by atoms with E-state index in [1.165, 1.54) is 11.3 Å². The van der Waals surface area contributed by atoms with Crippen molar-refractivity contribution in [3.63, 3.8) is 0 Å². The lowest BCUT2D eigenvalue weighted by Gasteiger charge is -2.37. The highest BCUT2D eigenvalue weighted by Gasteiger charge is 2.52. The Morgan fingerprint density at radius 3 is 2.69 bits per heavy atom. The van der Waals surface area contributed by atoms with Crippen molar-refractivity contribution in [3.8, 4) is 0 Å². The summed E-state index contributed by atoms with van der Waals surface area (Å²) in [6, 6.07) is 0.604. The van der Waals surface area contributed by atoms with Gasteiger partial charge in [0.25, 0.3) is 0 Å². The van der Waals surface area contributed by atoms with Crippen LogP contribution in [0.15, 0.2) is 10.6 Å².